The summed E-state index contributed by atoms with van der Waals surface area (Å²) >= 11 is 3.37. The molecular formula is C20H31BrN4O4. The molecule has 2 heterocycles. The van der Waals surface area contributed by atoms with Crippen LogP contribution in [-0.4, -0.2) is 36.1 Å². The highest BCUT2D eigenvalue weighted by Gasteiger charge is 2.14. The Labute approximate surface area is 179 Å². The second kappa shape index (κ2) is 11.3. The summed E-state index contributed by atoms with van der Waals surface area (Å²) in [6.07, 6.45) is 9.68. The number of aromatic nitrogens is 4. The molecule has 1 atom stereocenters. The Morgan fingerprint density at radius 1 is 1.10 bits per heavy atom. The van der Waals surface area contributed by atoms with Gasteiger partial charge in [-0.05, 0) is 19.3 Å². The zero-order valence-electron chi connectivity index (χ0n) is 17.5. The molecule has 0 aromatic carbocycles. The lowest BCUT2D eigenvalue weighted by atomic mass is 10.1. The van der Waals surface area contributed by atoms with Crippen molar-refractivity contribution >= 4 is 33.1 Å². The average molecular weight is 471 g/mol. The number of ether oxygens (including phenoxy) is 1. The third-order valence-corrected chi connectivity index (χ3v) is 5.84. The Hall–Kier alpha value is -1.90. The summed E-state index contributed by atoms with van der Waals surface area (Å²) in [5.74, 6) is -0.231. The molecule has 0 aliphatic rings. The fourth-order valence-corrected chi connectivity index (χ4v) is 3.98. The number of hydrogen-bond acceptors (Lipinski definition) is 5. The molecule has 0 bridgehead atoms. The molecule has 2 rings (SSSR count). The van der Waals surface area contributed by atoms with E-state index in [1.54, 1.807) is 25.0 Å². The van der Waals surface area contributed by atoms with Crippen molar-refractivity contribution in [2.24, 2.45) is 14.1 Å². The Kier molecular flexibility index (Phi) is 9.13. The van der Waals surface area contributed by atoms with Gasteiger partial charge in [-0.3, -0.25) is 18.7 Å². The van der Waals surface area contributed by atoms with E-state index in [1.165, 1.54) is 16.1 Å². The van der Waals surface area contributed by atoms with Crippen molar-refractivity contribution in [1.29, 1.82) is 0 Å². The standard InChI is InChI=1S/C20H31BrN4O4/c1-15(26)29-16(13-21)11-9-7-5-4-6-8-10-12-25-19(27)17-18(22-14-23(17)2)24(3)20(25)28/h14,16H,4-13H2,1-3H3. The van der Waals surface area contributed by atoms with Crippen molar-refractivity contribution in [3.63, 3.8) is 0 Å². The van der Waals surface area contributed by atoms with Crippen LogP contribution in [0.5, 0.6) is 0 Å². The van der Waals surface area contributed by atoms with E-state index in [9.17, 15) is 14.4 Å². The number of halogens is 1. The van der Waals surface area contributed by atoms with Crippen molar-refractivity contribution in [1.82, 2.24) is 18.7 Å². The Morgan fingerprint density at radius 3 is 2.34 bits per heavy atom. The molecule has 9 heteroatoms. The summed E-state index contributed by atoms with van der Waals surface area (Å²) in [6.45, 7) is 1.87. The molecular weight excluding hydrogens is 440 g/mol. The largest absolute Gasteiger partial charge is 0.462 e. The van der Waals surface area contributed by atoms with Crippen LogP contribution in [0.2, 0.25) is 0 Å². The molecule has 0 fully saturated rings. The van der Waals surface area contributed by atoms with Crippen LogP contribution in [0.3, 0.4) is 0 Å². The molecule has 0 radical (unpaired) electrons. The van der Waals surface area contributed by atoms with Crippen molar-refractivity contribution in [3.8, 4) is 0 Å². The van der Waals surface area contributed by atoms with Gasteiger partial charge in [-0.2, -0.15) is 0 Å². The monoisotopic (exact) mass is 470 g/mol. The third-order valence-electron chi connectivity index (χ3n) is 5.11. The van der Waals surface area contributed by atoms with Gasteiger partial charge in [0.25, 0.3) is 5.56 Å². The van der Waals surface area contributed by atoms with Crippen LogP contribution in [0, 0.1) is 0 Å². The minimum absolute atomic E-state index is 0.0369. The highest BCUT2D eigenvalue weighted by atomic mass is 79.9. The molecule has 2 aromatic heterocycles. The first-order chi connectivity index (χ1) is 13.9. The van der Waals surface area contributed by atoms with Crippen molar-refractivity contribution in [2.75, 3.05) is 5.33 Å². The number of hydrogen-bond donors (Lipinski definition) is 0. The third kappa shape index (κ3) is 6.29. The molecule has 0 N–H and O–H groups in total. The molecule has 2 aromatic rings. The van der Waals surface area contributed by atoms with Gasteiger partial charge in [0.15, 0.2) is 11.2 Å². The first kappa shape index (κ1) is 23.4. The van der Waals surface area contributed by atoms with Gasteiger partial charge in [-0.25, -0.2) is 9.78 Å². The molecule has 162 valence electrons. The zero-order valence-corrected chi connectivity index (χ0v) is 19.1. The van der Waals surface area contributed by atoms with Crippen molar-refractivity contribution in [3.05, 3.63) is 27.2 Å². The van der Waals surface area contributed by atoms with E-state index in [0.717, 1.165) is 51.4 Å². The number of imidazole rings is 1. The average Bonchev–Trinajstić information content (AvgIpc) is 3.07. The predicted molar refractivity (Wildman–Crippen MR) is 116 cm³/mol. The molecule has 0 spiro atoms. The number of nitrogens with zero attached hydrogens (tertiary/aromatic N) is 4. The lowest BCUT2D eigenvalue weighted by Crippen LogP contribution is -2.39. The maximum Gasteiger partial charge on any atom is 0.332 e. The topological polar surface area (TPSA) is 88.1 Å². The summed E-state index contributed by atoms with van der Waals surface area (Å²) < 4.78 is 9.63. The first-order valence-corrected chi connectivity index (χ1v) is 11.3. The van der Waals surface area contributed by atoms with Gasteiger partial charge in [0.05, 0.1) is 6.33 Å². The number of carbonyl (C=O) groups is 1. The zero-order chi connectivity index (χ0) is 21.4. The van der Waals surface area contributed by atoms with E-state index in [2.05, 4.69) is 20.9 Å². The molecule has 0 amide bonds. The van der Waals surface area contributed by atoms with Gasteiger partial charge in [0, 0.05) is 32.9 Å². The van der Waals surface area contributed by atoms with E-state index in [0.29, 0.717) is 23.0 Å². The van der Waals surface area contributed by atoms with Crippen LogP contribution in [0.1, 0.15) is 58.3 Å². The molecule has 1 unspecified atom stereocenters. The number of carbonyl (C=O) groups excluding carboxylic acids is 1. The Bertz CT molecular complexity index is 931. The maximum absolute atomic E-state index is 12.6. The Balaban J connectivity index is 1.70. The smallest absolute Gasteiger partial charge is 0.332 e. The molecule has 0 saturated heterocycles. The second-order valence-electron chi connectivity index (χ2n) is 7.48. The summed E-state index contributed by atoms with van der Waals surface area (Å²) in [5, 5.41) is 0.677. The number of unbranched alkanes of at least 4 members (excludes halogenated alkanes) is 6. The molecule has 0 saturated carbocycles. The van der Waals surface area contributed by atoms with Gasteiger partial charge >= 0.3 is 11.7 Å². The highest BCUT2D eigenvalue weighted by Crippen LogP contribution is 2.13. The lowest BCUT2D eigenvalue weighted by Gasteiger charge is -2.13. The van der Waals surface area contributed by atoms with Crippen LogP contribution in [-0.2, 0) is 30.2 Å². The Morgan fingerprint density at radius 2 is 1.72 bits per heavy atom. The van der Waals surface area contributed by atoms with Gasteiger partial charge in [-0.1, -0.05) is 48.0 Å². The van der Waals surface area contributed by atoms with Crippen LogP contribution in [0.25, 0.3) is 11.2 Å². The fourth-order valence-electron chi connectivity index (χ4n) is 3.52. The maximum atomic E-state index is 12.6. The van der Waals surface area contributed by atoms with E-state index in [4.69, 9.17) is 4.74 Å². The minimum atomic E-state index is -0.310. The lowest BCUT2D eigenvalue weighted by molar-refractivity contribution is -0.145. The molecule has 8 nitrogen and oxygen atoms in total. The van der Waals surface area contributed by atoms with Gasteiger partial charge in [-0.15, -0.1) is 0 Å². The van der Waals surface area contributed by atoms with Crippen molar-refractivity contribution < 1.29 is 9.53 Å². The molecule has 29 heavy (non-hydrogen) atoms. The van der Waals surface area contributed by atoms with E-state index < -0.39 is 0 Å². The normalized spacial score (nSPS) is 12.4. The first-order valence-electron chi connectivity index (χ1n) is 10.2. The fraction of sp³-hybridized carbons (Fsp3) is 0.700. The quantitative estimate of drug-likeness (QED) is 0.270. The SMILES string of the molecule is CC(=O)OC(CBr)CCCCCCCCCn1c(=O)c2c(ncn2C)n(C)c1=O. The van der Waals surface area contributed by atoms with Crippen molar-refractivity contribution in [2.45, 2.75) is 70.9 Å². The van der Waals surface area contributed by atoms with Gasteiger partial charge in [0.2, 0.25) is 0 Å². The second-order valence-corrected chi connectivity index (χ2v) is 8.12. The predicted octanol–water partition coefficient (Wildman–Crippen LogP) is 2.88. The van der Waals surface area contributed by atoms with Crippen LogP contribution in [0.15, 0.2) is 15.9 Å². The summed E-state index contributed by atoms with van der Waals surface area (Å²) in [5.41, 5.74) is 0.310. The summed E-state index contributed by atoms with van der Waals surface area (Å²) in [7, 11) is 3.41. The number of alkyl halides is 1. The van der Waals surface area contributed by atoms with E-state index in [-0.39, 0.29) is 23.3 Å². The summed E-state index contributed by atoms with van der Waals surface area (Å²) in [6, 6.07) is 0. The van der Waals surface area contributed by atoms with Gasteiger partial charge < -0.3 is 9.30 Å². The van der Waals surface area contributed by atoms with Crippen LogP contribution < -0.4 is 11.2 Å². The number of esters is 1. The van der Waals surface area contributed by atoms with E-state index >= 15 is 0 Å². The number of rotatable bonds is 12. The number of fused-ring (bicyclic) bond motifs is 1. The minimum Gasteiger partial charge on any atom is -0.462 e. The number of aryl methyl sites for hydroxylation is 2. The van der Waals surface area contributed by atoms with Gasteiger partial charge in [0.1, 0.15) is 6.10 Å². The molecule has 0 aliphatic heterocycles. The highest BCUT2D eigenvalue weighted by molar-refractivity contribution is 9.09. The molecule has 0 aliphatic carbocycles. The van der Waals surface area contributed by atoms with Crippen LogP contribution >= 0.6 is 15.9 Å². The van der Waals surface area contributed by atoms with E-state index in [1.807, 2.05) is 0 Å². The summed E-state index contributed by atoms with van der Waals surface area (Å²) in [4.78, 5) is 40.2. The van der Waals surface area contributed by atoms with Crippen LogP contribution in [0.4, 0.5) is 0 Å².